The predicted molar refractivity (Wildman–Crippen MR) is 132 cm³/mol. The minimum Gasteiger partial charge on any atom is -0.378 e. The molecule has 0 spiro atoms. The van der Waals surface area contributed by atoms with Gasteiger partial charge in [0.15, 0.2) is 5.65 Å². The van der Waals surface area contributed by atoms with E-state index in [0.29, 0.717) is 37.6 Å². The van der Waals surface area contributed by atoms with Crippen molar-refractivity contribution in [3.05, 3.63) is 83.4 Å². The summed E-state index contributed by atoms with van der Waals surface area (Å²) in [6.45, 7) is 4.37. The van der Waals surface area contributed by atoms with Crippen molar-refractivity contribution in [1.82, 2.24) is 29.5 Å². The molecule has 8 heteroatoms. The summed E-state index contributed by atoms with van der Waals surface area (Å²) in [6, 6.07) is 15.3. The Kier molecular flexibility index (Phi) is 5.24. The minimum absolute atomic E-state index is 0.0262. The standard InChI is InChI=1S/C27H22N6O2/c1-18-16-21(23-10-11-28-26(23)30-18)6-7-22-17-29-25-9-8-24(31-33(22)25)19-2-4-20(5-3-19)27(34)32-12-14-35-15-13-32/h2-5,8-11,16-17H,12-15H2,1H3,(H,28,30). The van der Waals surface area contributed by atoms with Crippen molar-refractivity contribution >= 4 is 22.6 Å². The topological polar surface area (TPSA) is 88.4 Å². The molecule has 1 amide bonds. The van der Waals surface area contributed by atoms with Gasteiger partial charge in [-0.05, 0) is 49.2 Å². The Labute approximate surface area is 201 Å². The number of aromatic amines is 1. The van der Waals surface area contributed by atoms with Crippen LogP contribution in [0.3, 0.4) is 0 Å². The van der Waals surface area contributed by atoms with Crippen molar-refractivity contribution in [1.29, 1.82) is 0 Å². The van der Waals surface area contributed by atoms with E-state index in [0.717, 1.165) is 39.2 Å². The first-order chi connectivity index (χ1) is 17.2. The van der Waals surface area contributed by atoms with Crippen LogP contribution in [0, 0.1) is 18.8 Å². The summed E-state index contributed by atoms with van der Waals surface area (Å²) < 4.78 is 7.09. The van der Waals surface area contributed by atoms with Crippen LogP contribution in [0.4, 0.5) is 0 Å². The number of pyridine rings is 1. The number of H-pyrrole nitrogens is 1. The van der Waals surface area contributed by atoms with Gasteiger partial charge in [0, 0.05) is 47.1 Å². The molecule has 1 fully saturated rings. The van der Waals surface area contributed by atoms with Crippen LogP contribution in [-0.4, -0.2) is 61.7 Å². The number of aromatic nitrogens is 5. The average molecular weight is 463 g/mol. The van der Waals surface area contributed by atoms with E-state index in [1.807, 2.05) is 66.6 Å². The largest absolute Gasteiger partial charge is 0.378 e. The number of nitrogens with zero attached hydrogens (tertiary/aromatic N) is 5. The highest BCUT2D eigenvalue weighted by Gasteiger charge is 2.18. The second-order valence-corrected chi connectivity index (χ2v) is 8.42. The molecule has 5 aromatic rings. The van der Waals surface area contributed by atoms with E-state index < -0.39 is 0 Å². The summed E-state index contributed by atoms with van der Waals surface area (Å²) >= 11 is 0. The molecule has 1 saturated heterocycles. The SMILES string of the molecule is Cc1cc(C#Cc2cnc3ccc(-c4ccc(C(=O)N5CCOCC5)cc4)nn23)c2cc[nH]c2n1. The number of benzene rings is 1. The first-order valence-electron chi connectivity index (χ1n) is 11.4. The number of hydrogen-bond donors (Lipinski definition) is 1. The Hall–Kier alpha value is -4.48. The van der Waals surface area contributed by atoms with Crippen LogP contribution in [0.2, 0.25) is 0 Å². The summed E-state index contributed by atoms with van der Waals surface area (Å²) in [5.41, 5.74) is 6.39. The van der Waals surface area contributed by atoms with Gasteiger partial charge in [0.05, 0.1) is 25.1 Å². The number of nitrogens with one attached hydrogen (secondary N) is 1. The molecule has 172 valence electrons. The highest BCUT2D eigenvalue weighted by Crippen LogP contribution is 2.20. The Bertz CT molecular complexity index is 1610. The number of carbonyl (C=O) groups is 1. The van der Waals surface area contributed by atoms with E-state index in [1.165, 1.54) is 0 Å². The quantitative estimate of drug-likeness (QED) is 0.406. The van der Waals surface area contributed by atoms with Crippen LogP contribution >= 0.6 is 0 Å². The van der Waals surface area contributed by atoms with Gasteiger partial charge in [0.1, 0.15) is 11.3 Å². The summed E-state index contributed by atoms with van der Waals surface area (Å²) in [7, 11) is 0. The van der Waals surface area contributed by atoms with Crippen molar-refractivity contribution < 1.29 is 9.53 Å². The van der Waals surface area contributed by atoms with Crippen LogP contribution in [0.1, 0.15) is 27.3 Å². The molecule has 1 aliphatic heterocycles. The molecule has 0 saturated carbocycles. The van der Waals surface area contributed by atoms with E-state index >= 15 is 0 Å². The van der Waals surface area contributed by atoms with E-state index in [-0.39, 0.29) is 5.91 Å². The minimum atomic E-state index is 0.0262. The van der Waals surface area contributed by atoms with Gasteiger partial charge in [0.25, 0.3) is 5.91 Å². The molecule has 6 rings (SSSR count). The maximum Gasteiger partial charge on any atom is 0.254 e. The predicted octanol–water partition coefficient (Wildman–Crippen LogP) is 3.45. The van der Waals surface area contributed by atoms with Gasteiger partial charge < -0.3 is 14.6 Å². The van der Waals surface area contributed by atoms with E-state index in [1.54, 1.807) is 10.7 Å². The average Bonchev–Trinajstić information content (AvgIpc) is 3.54. The maximum absolute atomic E-state index is 12.7. The lowest BCUT2D eigenvalue weighted by Gasteiger charge is -2.26. The number of rotatable bonds is 2. The lowest BCUT2D eigenvalue weighted by Crippen LogP contribution is -2.40. The van der Waals surface area contributed by atoms with Crippen LogP contribution in [0.5, 0.6) is 0 Å². The molecule has 1 N–H and O–H groups in total. The molecule has 1 aliphatic rings. The van der Waals surface area contributed by atoms with E-state index in [9.17, 15) is 4.79 Å². The molecule has 5 heterocycles. The normalized spacial score (nSPS) is 13.7. The Morgan fingerprint density at radius 2 is 1.89 bits per heavy atom. The zero-order chi connectivity index (χ0) is 23.8. The summed E-state index contributed by atoms with van der Waals surface area (Å²) in [5, 5.41) is 5.76. The van der Waals surface area contributed by atoms with Gasteiger partial charge in [-0.3, -0.25) is 4.79 Å². The van der Waals surface area contributed by atoms with Gasteiger partial charge in [-0.2, -0.15) is 5.10 Å². The molecule has 4 aromatic heterocycles. The van der Waals surface area contributed by atoms with Gasteiger partial charge in [-0.1, -0.05) is 18.1 Å². The third-order valence-electron chi connectivity index (χ3n) is 6.07. The molecule has 0 bridgehead atoms. The van der Waals surface area contributed by atoms with Crippen molar-refractivity contribution in [3.63, 3.8) is 0 Å². The van der Waals surface area contributed by atoms with Crippen LogP contribution in [0.15, 0.2) is 60.9 Å². The van der Waals surface area contributed by atoms with Crippen molar-refractivity contribution in [2.45, 2.75) is 6.92 Å². The van der Waals surface area contributed by atoms with Crippen LogP contribution in [0.25, 0.3) is 27.9 Å². The number of hydrogen-bond acceptors (Lipinski definition) is 5. The monoisotopic (exact) mass is 462 g/mol. The number of aryl methyl sites for hydroxylation is 1. The number of carbonyl (C=O) groups excluding carboxylic acids is 1. The number of ether oxygens (including phenoxy) is 1. The number of amides is 1. The van der Waals surface area contributed by atoms with E-state index in [2.05, 4.69) is 26.8 Å². The smallest absolute Gasteiger partial charge is 0.254 e. The second-order valence-electron chi connectivity index (χ2n) is 8.42. The second kappa shape index (κ2) is 8.70. The van der Waals surface area contributed by atoms with Crippen molar-refractivity contribution in [2.75, 3.05) is 26.3 Å². The van der Waals surface area contributed by atoms with Gasteiger partial charge >= 0.3 is 0 Å². The molecule has 1 aromatic carbocycles. The summed E-state index contributed by atoms with van der Waals surface area (Å²) in [5.74, 6) is 6.50. The lowest BCUT2D eigenvalue weighted by molar-refractivity contribution is 0.0303. The first kappa shape index (κ1) is 21.1. The molecule has 8 nitrogen and oxygen atoms in total. The third kappa shape index (κ3) is 4.03. The molecule has 0 atom stereocenters. The highest BCUT2D eigenvalue weighted by molar-refractivity contribution is 5.94. The number of imidazole rings is 1. The highest BCUT2D eigenvalue weighted by atomic mass is 16.5. The Morgan fingerprint density at radius 3 is 2.71 bits per heavy atom. The lowest BCUT2D eigenvalue weighted by atomic mass is 10.1. The molecular formula is C27H22N6O2. The van der Waals surface area contributed by atoms with E-state index in [4.69, 9.17) is 9.84 Å². The van der Waals surface area contributed by atoms with Gasteiger partial charge in [-0.15, -0.1) is 0 Å². The molecule has 35 heavy (non-hydrogen) atoms. The van der Waals surface area contributed by atoms with Crippen molar-refractivity contribution in [2.24, 2.45) is 0 Å². The summed E-state index contributed by atoms with van der Waals surface area (Å²) in [6.07, 6.45) is 3.59. The van der Waals surface area contributed by atoms with Crippen LogP contribution < -0.4 is 0 Å². The molecule has 0 aliphatic carbocycles. The van der Waals surface area contributed by atoms with Gasteiger partial charge in [0.2, 0.25) is 0 Å². The zero-order valence-corrected chi connectivity index (χ0v) is 19.2. The first-order valence-corrected chi connectivity index (χ1v) is 11.4. The summed E-state index contributed by atoms with van der Waals surface area (Å²) in [4.78, 5) is 26.6. The van der Waals surface area contributed by atoms with Gasteiger partial charge in [-0.25, -0.2) is 14.5 Å². The molecule has 0 unspecified atom stereocenters. The zero-order valence-electron chi connectivity index (χ0n) is 19.2. The number of fused-ring (bicyclic) bond motifs is 2. The maximum atomic E-state index is 12.7. The van der Waals surface area contributed by atoms with Crippen molar-refractivity contribution in [3.8, 4) is 23.1 Å². The number of morpholine rings is 1. The fourth-order valence-electron chi connectivity index (χ4n) is 4.25. The Morgan fingerprint density at radius 1 is 1.06 bits per heavy atom. The fourth-order valence-corrected chi connectivity index (χ4v) is 4.25. The van der Waals surface area contributed by atoms with Crippen LogP contribution in [-0.2, 0) is 4.74 Å². The fraction of sp³-hybridized carbons (Fsp3) is 0.185. The molecular weight excluding hydrogens is 440 g/mol. The third-order valence-corrected chi connectivity index (χ3v) is 6.07. The Balaban J connectivity index is 1.30. The molecule has 0 radical (unpaired) electrons.